The Bertz CT molecular complexity index is 1490. The Morgan fingerprint density at radius 1 is 0.471 bits per heavy atom. The van der Waals surface area contributed by atoms with Crippen LogP contribution in [-0.4, -0.2) is 0 Å². The van der Waals surface area contributed by atoms with Crippen molar-refractivity contribution in [2.45, 2.75) is 27.7 Å². The summed E-state index contributed by atoms with van der Waals surface area (Å²) in [7, 11) is 0. The van der Waals surface area contributed by atoms with E-state index in [2.05, 4.69) is 0 Å². The molecule has 0 fully saturated rings. The molecule has 6 rings (SSSR count). The predicted octanol–water partition coefficient (Wildman–Crippen LogP) is 9.43. The molecule has 0 bridgehead atoms. The number of thiophene rings is 1. The molecule has 6 heteroatoms. The van der Waals surface area contributed by atoms with E-state index in [0.29, 0.717) is 42.4 Å². The minimum absolute atomic E-state index is 0.129. The van der Waals surface area contributed by atoms with Crippen LogP contribution in [0.25, 0.3) is 42.1 Å². The summed E-state index contributed by atoms with van der Waals surface area (Å²) in [6.07, 6.45) is 0. The van der Waals surface area contributed by atoms with Crippen LogP contribution in [0.3, 0.4) is 0 Å². The third-order valence-corrected chi connectivity index (χ3v) is 7.36. The van der Waals surface area contributed by atoms with Crippen molar-refractivity contribution in [3.05, 3.63) is 94.1 Å². The zero-order chi connectivity index (χ0) is 24.3. The zero-order valence-electron chi connectivity index (χ0n) is 18.9. The summed E-state index contributed by atoms with van der Waals surface area (Å²) < 4.78 is 62.0. The largest absolute Gasteiger partial charge is 0.450 e. The van der Waals surface area contributed by atoms with Gasteiger partial charge in [-0.05, 0) is 49.9 Å². The molecule has 0 atom stereocenters. The van der Waals surface area contributed by atoms with Crippen LogP contribution in [0.5, 0.6) is 0 Å². The van der Waals surface area contributed by atoms with Crippen LogP contribution in [0.2, 0.25) is 0 Å². The van der Waals surface area contributed by atoms with Crippen molar-refractivity contribution in [3.8, 4) is 0 Å². The SMILES string of the molecule is Cc1ccc2c(oc3c(F)c(C)ccc32)c1F.Cc1ccc2c(sc3c(F)c(C)ccc32)c1F. The summed E-state index contributed by atoms with van der Waals surface area (Å²) in [5.41, 5.74) is 2.44. The molecule has 0 N–H and O–H groups in total. The van der Waals surface area contributed by atoms with Gasteiger partial charge in [-0.25, -0.2) is 17.6 Å². The van der Waals surface area contributed by atoms with Gasteiger partial charge in [-0.15, -0.1) is 11.3 Å². The number of rotatable bonds is 0. The molecule has 0 saturated heterocycles. The first-order valence-electron chi connectivity index (χ1n) is 10.7. The van der Waals surface area contributed by atoms with E-state index in [1.165, 1.54) is 11.3 Å². The van der Waals surface area contributed by atoms with Gasteiger partial charge in [-0.2, -0.15) is 0 Å². The molecule has 0 aliphatic heterocycles. The highest BCUT2D eigenvalue weighted by Gasteiger charge is 2.17. The van der Waals surface area contributed by atoms with E-state index in [1.807, 2.05) is 12.1 Å². The van der Waals surface area contributed by atoms with Gasteiger partial charge in [0.1, 0.15) is 11.6 Å². The number of furan rings is 1. The highest BCUT2D eigenvalue weighted by Crippen LogP contribution is 2.38. The van der Waals surface area contributed by atoms with Gasteiger partial charge in [-0.3, -0.25) is 0 Å². The molecule has 0 saturated carbocycles. The maximum absolute atomic E-state index is 14.0. The summed E-state index contributed by atoms with van der Waals surface area (Å²) in [5.74, 6) is -1.31. The molecule has 34 heavy (non-hydrogen) atoms. The molecule has 0 radical (unpaired) electrons. The molecule has 0 aliphatic rings. The highest BCUT2D eigenvalue weighted by atomic mass is 32.1. The quantitative estimate of drug-likeness (QED) is 0.197. The van der Waals surface area contributed by atoms with Crippen molar-refractivity contribution in [1.82, 2.24) is 0 Å². The number of aryl methyl sites for hydroxylation is 4. The lowest BCUT2D eigenvalue weighted by molar-refractivity contribution is 0.552. The van der Waals surface area contributed by atoms with Crippen molar-refractivity contribution in [2.75, 3.05) is 0 Å². The van der Waals surface area contributed by atoms with Gasteiger partial charge < -0.3 is 4.42 Å². The highest BCUT2D eigenvalue weighted by molar-refractivity contribution is 7.25. The molecule has 0 aliphatic carbocycles. The minimum atomic E-state index is -0.421. The molecule has 2 heterocycles. The van der Waals surface area contributed by atoms with Crippen LogP contribution in [0.4, 0.5) is 17.6 Å². The average Bonchev–Trinajstić information content (AvgIpc) is 3.39. The number of halogens is 4. The van der Waals surface area contributed by atoms with Gasteiger partial charge in [-0.1, -0.05) is 48.5 Å². The predicted molar refractivity (Wildman–Crippen MR) is 132 cm³/mol. The van der Waals surface area contributed by atoms with Gasteiger partial charge in [0.25, 0.3) is 0 Å². The third kappa shape index (κ3) is 3.36. The Morgan fingerprint density at radius 2 is 0.794 bits per heavy atom. The van der Waals surface area contributed by atoms with Crippen molar-refractivity contribution in [3.63, 3.8) is 0 Å². The van der Waals surface area contributed by atoms with Crippen molar-refractivity contribution in [2.24, 2.45) is 0 Å². The fourth-order valence-corrected chi connectivity index (χ4v) is 5.35. The summed E-state index contributed by atoms with van der Waals surface area (Å²) >= 11 is 1.19. The Morgan fingerprint density at radius 3 is 1.18 bits per heavy atom. The van der Waals surface area contributed by atoms with Crippen molar-refractivity contribution >= 4 is 53.4 Å². The number of fused-ring (bicyclic) bond motifs is 6. The second kappa shape index (κ2) is 8.13. The Hall–Kier alpha value is -3.38. The summed E-state index contributed by atoms with van der Waals surface area (Å²) in [5, 5.41) is 2.82. The molecule has 2 aromatic heterocycles. The van der Waals surface area contributed by atoms with Crippen LogP contribution in [0, 0.1) is 51.0 Å². The van der Waals surface area contributed by atoms with E-state index in [-0.39, 0.29) is 22.8 Å². The molecule has 6 aromatic rings. The normalized spacial score (nSPS) is 11.5. The van der Waals surface area contributed by atoms with E-state index in [0.717, 1.165) is 10.8 Å². The summed E-state index contributed by atoms with van der Waals surface area (Å²) in [4.78, 5) is 0. The van der Waals surface area contributed by atoms with Gasteiger partial charge in [0.15, 0.2) is 22.8 Å². The van der Waals surface area contributed by atoms with Crippen molar-refractivity contribution < 1.29 is 22.0 Å². The first kappa shape index (κ1) is 22.4. The van der Waals surface area contributed by atoms with Crippen LogP contribution in [0.1, 0.15) is 22.3 Å². The third-order valence-electron chi connectivity index (χ3n) is 6.15. The Kier molecular flexibility index (Phi) is 5.36. The molecule has 0 spiro atoms. The fraction of sp³-hybridized carbons (Fsp3) is 0.143. The van der Waals surface area contributed by atoms with Crippen LogP contribution in [0.15, 0.2) is 52.9 Å². The van der Waals surface area contributed by atoms with Gasteiger partial charge in [0, 0.05) is 21.5 Å². The number of hydrogen-bond acceptors (Lipinski definition) is 2. The molecule has 4 aromatic carbocycles. The molecular formula is C28H20F4OS. The van der Waals surface area contributed by atoms with Gasteiger partial charge in [0.05, 0.1) is 9.40 Å². The van der Waals surface area contributed by atoms with E-state index in [1.54, 1.807) is 64.1 Å². The summed E-state index contributed by atoms with van der Waals surface area (Å²) in [6.45, 7) is 6.76. The summed E-state index contributed by atoms with van der Waals surface area (Å²) in [6, 6.07) is 14.1. The lowest BCUT2D eigenvalue weighted by atomic mass is 10.1. The Balaban J connectivity index is 0.000000142. The first-order chi connectivity index (χ1) is 16.2. The second-order valence-electron chi connectivity index (χ2n) is 8.50. The van der Waals surface area contributed by atoms with E-state index >= 15 is 0 Å². The molecular weight excluding hydrogens is 460 g/mol. The lowest BCUT2D eigenvalue weighted by Gasteiger charge is -1.97. The van der Waals surface area contributed by atoms with E-state index in [9.17, 15) is 17.6 Å². The zero-order valence-corrected chi connectivity index (χ0v) is 19.8. The topological polar surface area (TPSA) is 13.1 Å². The molecule has 172 valence electrons. The van der Waals surface area contributed by atoms with Gasteiger partial charge >= 0.3 is 0 Å². The molecule has 0 unspecified atom stereocenters. The number of benzene rings is 4. The van der Waals surface area contributed by atoms with Crippen LogP contribution < -0.4 is 0 Å². The first-order valence-corrected chi connectivity index (χ1v) is 11.5. The minimum Gasteiger partial charge on any atom is -0.450 e. The second-order valence-corrected chi connectivity index (χ2v) is 9.52. The maximum atomic E-state index is 14.0. The van der Waals surface area contributed by atoms with Crippen LogP contribution in [-0.2, 0) is 0 Å². The average molecular weight is 481 g/mol. The van der Waals surface area contributed by atoms with Crippen LogP contribution >= 0.6 is 11.3 Å². The van der Waals surface area contributed by atoms with Gasteiger partial charge in [0.2, 0.25) is 0 Å². The fourth-order valence-electron chi connectivity index (χ4n) is 4.07. The van der Waals surface area contributed by atoms with E-state index < -0.39 is 11.6 Å². The smallest absolute Gasteiger partial charge is 0.171 e. The Labute approximate surface area is 197 Å². The standard InChI is InChI=1S/C14H10F2O.C14H10F2S/c2*1-7-3-5-9-10-6-4-8(2)12(16)14(10)17-13(9)11(7)15/h2*3-6H,1-2H3. The monoisotopic (exact) mass is 480 g/mol. The van der Waals surface area contributed by atoms with Crippen molar-refractivity contribution in [1.29, 1.82) is 0 Å². The van der Waals surface area contributed by atoms with E-state index in [4.69, 9.17) is 4.42 Å². The number of hydrogen-bond donors (Lipinski definition) is 0. The molecule has 1 nitrogen and oxygen atoms in total. The molecule has 0 amide bonds. The maximum Gasteiger partial charge on any atom is 0.171 e. The lowest BCUT2D eigenvalue weighted by Crippen LogP contribution is -1.81.